The molecule has 15 heavy (non-hydrogen) atoms. The molecule has 1 N–H and O–H groups in total. The van der Waals surface area contributed by atoms with Crippen LogP contribution in [0.3, 0.4) is 0 Å². The molecule has 0 aliphatic heterocycles. The third-order valence-corrected chi connectivity index (χ3v) is 2.21. The molecule has 0 unspecified atom stereocenters. The molecule has 1 aromatic rings. The van der Waals surface area contributed by atoms with Crippen molar-refractivity contribution in [2.24, 2.45) is 0 Å². The molecule has 0 saturated heterocycles. The molecule has 0 atom stereocenters. The van der Waals surface area contributed by atoms with Crippen molar-refractivity contribution in [2.75, 3.05) is 12.4 Å². The molecule has 1 aromatic carbocycles. The summed E-state index contributed by atoms with van der Waals surface area (Å²) >= 11 is 5.65. The van der Waals surface area contributed by atoms with Gasteiger partial charge in [0.05, 0.1) is 7.11 Å². The number of allylic oxidation sites excluding steroid dienone is 1. The van der Waals surface area contributed by atoms with Crippen LogP contribution in [-0.4, -0.2) is 13.0 Å². The van der Waals surface area contributed by atoms with E-state index in [0.29, 0.717) is 5.69 Å². The van der Waals surface area contributed by atoms with E-state index >= 15 is 0 Å². The number of anilines is 1. The summed E-state index contributed by atoms with van der Waals surface area (Å²) in [5.41, 5.74) is 0.681. The molecule has 3 nitrogen and oxygen atoms in total. The highest BCUT2D eigenvalue weighted by molar-refractivity contribution is 6.43. The molecule has 0 saturated carbocycles. The van der Waals surface area contributed by atoms with E-state index in [1.165, 1.54) is 0 Å². The zero-order valence-electron chi connectivity index (χ0n) is 8.58. The van der Waals surface area contributed by atoms with Crippen LogP contribution >= 0.6 is 11.6 Å². The topological polar surface area (TPSA) is 38.3 Å². The Labute approximate surface area is 93.7 Å². The van der Waals surface area contributed by atoms with Crippen LogP contribution in [0.25, 0.3) is 0 Å². The van der Waals surface area contributed by atoms with E-state index in [1.54, 1.807) is 44.4 Å². The fourth-order valence-corrected chi connectivity index (χ4v) is 1.04. The number of halogens is 1. The number of carbonyl (C=O) groups is 1. The molecular weight excluding hydrogens is 214 g/mol. The Kier molecular flexibility index (Phi) is 4.18. The van der Waals surface area contributed by atoms with Gasteiger partial charge in [0.25, 0.3) is 5.91 Å². The summed E-state index contributed by atoms with van der Waals surface area (Å²) in [6, 6.07) is 7.02. The summed E-state index contributed by atoms with van der Waals surface area (Å²) in [5.74, 6) is 0.425. The van der Waals surface area contributed by atoms with E-state index in [-0.39, 0.29) is 10.9 Å². The molecule has 0 aromatic heterocycles. The predicted molar refractivity (Wildman–Crippen MR) is 61.2 cm³/mol. The van der Waals surface area contributed by atoms with Gasteiger partial charge in [-0.1, -0.05) is 17.7 Å². The highest BCUT2D eigenvalue weighted by Crippen LogP contribution is 2.16. The largest absolute Gasteiger partial charge is 0.497 e. The first-order valence-electron chi connectivity index (χ1n) is 4.44. The van der Waals surface area contributed by atoms with Gasteiger partial charge in [-0.15, -0.1) is 0 Å². The van der Waals surface area contributed by atoms with Crippen LogP contribution in [-0.2, 0) is 4.79 Å². The van der Waals surface area contributed by atoms with Gasteiger partial charge < -0.3 is 10.1 Å². The van der Waals surface area contributed by atoms with Crippen LogP contribution in [0.15, 0.2) is 35.4 Å². The molecule has 4 heteroatoms. The molecule has 0 spiro atoms. The molecular formula is C11H12ClNO2. The highest BCUT2D eigenvalue weighted by Gasteiger charge is 2.05. The van der Waals surface area contributed by atoms with E-state index in [4.69, 9.17) is 16.3 Å². The maximum absolute atomic E-state index is 11.4. The fourth-order valence-electron chi connectivity index (χ4n) is 0.996. The summed E-state index contributed by atoms with van der Waals surface area (Å²) in [6.45, 7) is 1.70. The third kappa shape index (κ3) is 3.29. The molecule has 1 amide bonds. The van der Waals surface area contributed by atoms with E-state index in [9.17, 15) is 4.79 Å². The number of nitrogens with one attached hydrogen (secondary N) is 1. The number of rotatable bonds is 3. The summed E-state index contributed by atoms with van der Waals surface area (Å²) in [4.78, 5) is 11.4. The fraction of sp³-hybridized carbons (Fsp3) is 0.182. The number of carbonyl (C=O) groups excluding carboxylic acids is 1. The first kappa shape index (κ1) is 11.6. The SMILES string of the molecule is C/C=C(\Cl)C(=O)Nc1ccc(OC)cc1. The third-order valence-electron chi connectivity index (χ3n) is 1.82. The zero-order chi connectivity index (χ0) is 11.3. The van der Waals surface area contributed by atoms with Crippen LogP contribution in [0.5, 0.6) is 5.75 Å². The Bertz CT molecular complexity index is 371. The van der Waals surface area contributed by atoms with Gasteiger partial charge in [0.15, 0.2) is 0 Å². The lowest BCUT2D eigenvalue weighted by atomic mass is 10.3. The van der Waals surface area contributed by atoms with Crippen molar-refractivity contribution in [3.05, 3.63) is 35.4 Å². The molecule has 0 heterocycles. The van der Waals surface area contributed by atoms with Crippen molar-refractivity contribution in [3.63, 3.8) is 0 Å². The van der Waals surface area contributed by atoms with Gasteiger partial charge in [-0.05, 0) is 31.2 Å². The van der Waals surface area contributed by atoms with Gasteiger partial charge in [0.2, 0.25) is 0 Å². The van der Waals surface area contributed by atoms with E-state index in [0.717, 1.165) is 5.75 Å². The van der Waals surface area contributed by atoms with Crippen LogP contribution < -0.4 is 10.1 Å². The summed E-state index contributed by atoms with van der Waals surface area (Å²) in [5, 5.41) is 2.82. The summed E-state index contributed by atoms with van der Waals surface area (Å²) in [7, 11) is 1.59. The normalized spacial score (nSPS) is 11.0. The maximum atomic E-state index is 11.4. The lowest BCUT2D eigenvalue weighted by Gasteiger charge is -2.05. The molecule has 0 bridgehead atoms. The van der Waals surface area contributed by atoms with Crippen molar-refractivity contribution in [2.45, 2.75) is 6.92 Å². The molecule has 0 aliphatic rings. The Morgan fingerprint density at radius 3 is 2.47 bits per heavy atom. The smallest absolute Gasteiger partial charge is 0.266 e. The summed E-state index contributed by atoms with van der Waals surface area (Å²) < 4.78 is 4.99. The minimum absolute atomic E-state index is 0.172. The van der Waals surface area contributed by atoms with Crippen molar-refractivity contribution >= 4 is 23.2 Å². The minimum Gasteiger partial charge on any atom is -0.497 e. The highest BCUT2D eigenvalue weighted by atomic mass is 35.5. The van der Waals surface area contributed by atoms with Gasteiger partial charge in [0, 0.05) is 5.69 Å². The van der Waals surface area contributed by atoms with Gasteiger partial charge in [0.1, 0.15) is 10.8 Å². The van der Waals surface area contributed by atoms with E-state index in [2.05, 4.69) is 5.32 Å². The predicted octanol–water partition coefficient (Wildman–Crippen LogP) is 2.78. The Hall–Kier alpha value is -1.48. The Morgan fingerprint density at radius 1 is 1.40 bits per heavy atom. The number of ether oxygens (including phenoxy) is 1. The van der Waals surface area contributed by atoms with Crippen LogP contribution in [0.4, 0.5) is 5.69 Å². The van der Waals surface area contributed by atoms with Crippen LogP contribution in [0.1, 0.15) is 6.92 Å². The number of hydrogen-bond donors (Lipinski definition) is 1. The first-order valence-corrected chi connectivity index (χ1v) is 4.82. The number of benzene rings is 1. The lowest BCUT2D eigenvalue weighted by Crippen LogP contribution is -2.11. The van der Waals surface area contributed by atoms with Gasteiger partial charge >= 0.3 is 0 Å². The molecule has 0 fully saturated rings. The monoisotopic (exact) mass is 225 g/mol. The van der Waals surface area contributed by atoms with Gasteiger partial charge in [-0.3, -0.25) is 4.79 Å². The summed E-state index contributed by atoms with van der Waals surface area (Å²) in [6.07, 6.45) is 1.54. The Morgan fingerprint density at radius 2 is 2.00 bits per heavy atom. The van der Waals surface area contributed by atoms with E-state index < -0.39 is 0 Å². The molecule has 0 radical (unpaired) electrons. The van der Waals surface area contributed by atoms with Crippen molar-refractivity contribution in [1.29, 1.82) is 0 Å². The lowest BCUT2D eigenvalue weighted by molar-refractivity contribution is -0.112. The van der Waals surface area contributed by atoms with Crippen LogP contribution in [0.2, 0.25) is 0 Å². The number of amides is 1. The zero-order valence-corrected chi connectivity index (χ0v) is 9.34. The maximum Gasteiger partial charge on any atom is 0.266 e. The minimum atomic E-state index is -0.315. The van der Waals surface area contributed by atoms with Gasteiger partial charge in [-0.25, -0.2) is 0 Å². The molecule has 0 aliphatic carbocycles. The quantitative estimate of drug-likeness (QED) is 0.804. The van der Waals surface area contributed by atoms with Crippen LogP contribution in [0, 0.1) is 0 Å². The van der Waals surface area contributed by atoms with Crippen molar-refractivity contribution < 1.29 is 9.53 Å². The second kappa shape index (κ2) is 5.41. The average Bonchev–Trinajstić information content (AvgIpc) is 2.29. The van der Waals surface area contributed by atoms with Gasteiger partial charge in [-0.2, -0.15) is 0 Å². The molecule has 1 rings (SSSR count). The average molecular weight is 226 g/mol. The van der Waals surface area contributed by atoms with Crippen molar-refractivity contribution in [1.82, 2.24) is 0 Å². The van der Waals surface area contributed by atoms with Crippen molar-refractivity contribution in [3.8, 4) is 5.75 Å². The second-order valence-corrected chi connectivity index (χ2v) is 3.23. The molecule has 80 valence electrons. The van der Waals surface area contributed by atoms with E-state index in [1.807, 2.05) is 0 Å². The standard InChI is InChI=1S/C11H12ClNO2/c1-3-10(12)11(14)13-8-4-6-9(15-2)7-5-8/h3-7H,1-2H3,(H,13,14)/b10-3-. The second-order valence-electron chi connectivity index (χ2n) is 2.82. The Balaban J connectivity index is 2.69. The number of methoxy groups -OCH3 is 1. The number of hydrogen-bond acceptors (Lipinski definition) is 2. The first-order chi connectivity index (χ1) is 7.17.